The Hall–Kier alpha value is -1.95. The molecule has 126 valence electrons. The number of nitrogens with one attached hydrogen (secondary N) is 1. The lowest BCUT2D eigenvalue weighted by Crippen LogP contribution is -2.24. The molecule has 1 N–H and O–H groups in total. The number of hydrogen-bond acceptors (Lipinski definition) is 4. The summed E-state index contributed by atoms with van der Waals surface area (Å²) < 4.78 is 10.5. The van der Waals surface area contributed by atoms with E-state index in [2.05, 4.69) is 10.5 Å². The average molecular weight is 388 g/mol. The molecule has 0 radical (unpaired) electrons. The zero-order valence-electron chi connectivity index (χ0n) is 12.6. The Morgan fingerprint density at radius 2 is 1.83 bits per heavy atom. The van der Waals surface area contributed by atoms with Gasteiger partial charge in [0.15, 0.2) is 6.61 Å². The van der Waals surface area contributed by atoms with Crippen LogP contribution in [-0.4, -0.2) is 25.8 Å². The minimum absolute atomic E-state index is 0.259. The summed E-state index contributed by atoms with van der Waals surface area (Å²) in [6, 6.07) is 10.2. The molecular weight excluding hydrogens is 375 g/mol. The highest BCUT2D eigenvalue weighted by atomic mass is 35.5. The summed E-state index contributed by atoms with van der Waals surface area (Å²) in [5.41, 5.74) is 3.08. The molecule has 0 aliphatic heterocycles. The Bertz CT molecular complexity index is 766. The Labute approximate surface area is 154 Å². The molecule has 2 aromatic carbocycles. The smallest absolute Gasteiger partial charge is 0.277 e. The van der Waals surface area contributed by atoms with Crippen LogP contribution in [0.3, 0.4) is 0 Å². The molecular formula is C16H13Cl3N2O3. The van der Waals surface area contributed by atoms with E-state index in [0.717, 1.165) is 5.56 Å². The second-order valence-corrected chi connectivity index (χ2v) is 5.74. The van der Waals surface area contributed by atoms with Gasteiger partial charge in [0.2, 0.25) is 0 Å². The molecule has 0 heterocycles. The molecule has 0 atom stereocenters. The number of ether oxygens (including phenoxy) is 2. The lowest BCUT2D eigenvalue weighted by molar-refractivity contribution is -0.123. The summed E-state index contributed by atoms with van der Waals surface area (Å²) in [4.78, 5) is 11.7. The summed E-state index contributed by atoms with van der Waals surface area (Å²) in [5, 5.41) is 4.70. The van der Waals surface area contributed by atoms with Gasteiger partial charge in [-0.25, -0.2) is 5.43 Å². The molecule has 8 heteroatoms. The fourth-order valence-corrected chi connectivity index (χ4v) is 2.33. The third kappa shape index (κ3) is 5.03. The molecule has 0 spiro atoms. The van der Waals surface area contributed by atoms with Crippen LogP contribution in [0.1, 0.15) is 5.56 Å². The lowest BCUT2D eigenvalue weighted by atomic mass is 10.2. The van der Waals surface area contributed by atoms with Crippen molar-refractivity contribution < 1.29 is 14.3 Å². The van der Waals surface area contributed by atoms with Gasteiger partial charge in [-0.1, -0.05) is 46.9 Å². The highest BCUT2D eigenvalue weighted by Crippen LogP contribution is 2.33. The molecule has 0 unspecified atom stereocenters. The number of benzene rings is 2. The Morgan fingerprint density at radius 3 is 2.58 bits per heavy atom. The highest BCUT2D eigenvalue weighted by Gasteiger charge is 2.09. The summed E-state index contributed by atoms with van der Waals surface area (Å²) in [6.07, 6.45) is 1.48. The molecule has 2 aromatic rings. The van der Waals surface area contributed by atoms with Gasteiger partial charge < -0.3 is 9.47 Å². The highest BCUT2D eigenvalue weighted by molar-refractivity contribution is 6.43. The van der Waals surface area contributed by atoms with Crippen molar-refractivity contribution in [3.8, 4) is 11.5 Å². The van der Waals surface area contributed by atoms with E-state index in [4.69, 9.17) is 44.3 Å². The van der Waals surface area contributed by atoms with Crippen molar-refractivity contribution in [1.82, 2.24) is 5.43 Å². The molecule has 0 saturated carbocycles. The van der Waals surface area contributed by atoms with Gasteiger partial charge in [-0.2, -0.15) is 5.10 Å². The SMILES string of the molecule is COc1ccccc1/C=N\NC(=O)COc1cc(Cl)c(Cl)cc1Cl. The van der Waals surface area contributed by atoms with E-state index < -0.39 is 5.91 Å². The van der Waals surface area contributed by atoms with Crippen molar-refractivity contribution >= 4 is 46.9 Å². The Balaban J connectivity index is 1.90. The van der Waals surface area contributed by atoms with Crippen LogP contribution < -0.4 is 14.9 Å². The van der Waals surface area contributed by atoms with Crippen LogP contribution in [0.5, 0.6) is 11.5 Å². The van der Waals surface area contributed by atoms with E-state index in [-0.39, 0.29) is 22.4 Å². The minimum atomic E-state index is -0.455. The van der Waals surface area contributed by atoms with E-state index in [1.807, 2.05) is 12.1 Å². The van der Waals surface area contributed by atoms with Gasteiger partial charge in [0.05, 0.1) is 28.4 Å². The third-order valence-corrected chi connectivity index (χ3v) is 3.88. The Morgan fingerprint density at radius 1 is 1.12 bits per heavy atom. The topological polar surface area (TPSA) is 59.9 Å². The predicted octanol–water partition coefficient (Wildman–Crippen LogP) is 4.18. The van der Waals surface area contributed by atoms with Gasteiger partial charge in [0.1, 0.15) is 11.5 Å². The quantitative estimate of drug-likeness (QED) is 0.459. The first-order valence-corrected chi connectivity index (χ1v) is 7.87. The van der Waals surface area contributed by atoms with Gasteiger partial charge in [-0.05, 0) is 18.2 Å². The second-order valence-electron chi connectivity index (χ2n) is 4.52. The predicted molar refractivity (Wildman–Crippen MR) is 95.7 cm³/mol. The van der Waals surface area contributed by atoms with Crippen molar-refractivity contribution in [3.05, 3.63) is 57.0 Å². The fraction of sp³-hybridized carbons (Fsp3) is 0.125. The van der Waals surface area contributed by atoms with Crippen molar-refractivity contribution in [2.75, 3.05) is 13.7 Å². The zero-order chi connectivity index (χ0) is 17.5. The maximum atomic E-state index is 11.7. The number of nitrogens with zero attached hydrogens (tertiary/aromatic N) is 1. The number of carbonyl (C=O) groups is 1. The summed E-state index contributed by atoms with van der Waals surface area (Å²) in [5.74, 6) is 0.451. The molecule has 0 aromatic heterocycles. The largest absolute Gasteiger partial charge is 0.496 e. The molecule has 0 fully saturated rings. The summed E-state index contributed by atoms with van der Waals surface area (Å²) >= 11 is 17.7. The van der Waals surface area contributed by atoms with Crippen LogP contribution >= 0.6 is 34.8 Å². The number of halogens is 3. The standard InChI is InChI=1S/C16H13Cl3N2O3/c1-23-14-5-3-2-4-10(14)8-20-21-16(22)9-24-15-7-12(18)11(17)6-13(15)19/h2-8H,9H2,1H3,(H,21,22)/b20-8-. The number of hydrazone groups is 1. The van der Waals surface area contributed by atoms with E-state index in [0.29, 0.717) is 10.8 Å². The first kappa shape index (κ1) is 18.4. The number of hydrogen-bond donors (Lipinski definition) is 1. The maximum Gasteiger partial charge on any atom is 0.277 e. The summed E-state index contributed by atoms with van der Waals surface area (Å²) in [7, 11) is 1.56. The molecule has 0 aliphatic rings. The van der Waals surface area contributed by atoms with E-state index in [1.54, 1.807) is 19.2 Å². The third-order valence-electron chi connectivity index (χ3n) is 2.87. The van der Waals surface area contributed by atoms with Gasteiger partial charge in [-0.15, -0.1) is 0 Å². The van der Waals surface area contributed by atoms with Crippen LogP contribution in [0.2, 0.25) is 15.1 Å². The minimum Gasteiger partial charge on any atom is -0.496 e. The van der Waals surface area contributed by atoms with Crippen LogP contribution in [0.15, 0.2) is 41.5 Å². The molecule has 1 amide bonds. The molecule has 24 heavy (non-hydrogen) atoms. The molecule has 5 nitrogen and oxygen atoms in total. The number of amides is 1. The number of para-hydroxylation sites is 1. The van der Waals surface area contributed by atoms with Crippen LogP contribution in [0, 0.1) is 0 Å². The molecule has 0 aliphatic carbocycles. The van der Waals surface area contributed by atoms with Crippen molar-refractivity contribution in [2.24, 2.45) is 5.10 Å². The van der Waals surface area contributed by atoms with E-state index in [1.165, 1.54) is 18.3 Å². The van der Waals surface area contributed by atoms with E-state index >= 15 is 0 Å². The van der Waals surface area contributed by atoms with Crippen LogP contribution in [0.4, 0.5) is 0 Å². The average Bonchev–Trinajstić information content (AvgIpc) is 2.57. The number of rotatable bonds is 6. The normalized spacial score (nSPS) is 10.7. The van der Waals surface area contributed by atoms with Crippen molar-refractivity contribution in [3.63, 3.8) is 0 Å². The van der Waals surface area contributed by atoms with Crippen molar-refractivity contribution in [1.29, 1.82) is 0 Å². The van der Waals surface area contributed by atoms with Crippen molar-refractivity contribution in [2.45, 2.75) is 0 Å². The van der Waals surface area contributed by atoms with Gasteiger partial charge in [0.25, 0.3) is 5.91 Å². The van der Waals surface area contributed by atoms with Gasteiger partial charge >= 0.3 is 0 Å². The molecule has 0 saturated heterocycles. The second kappa shape index (κ2) is 8.78. The van der Waals surface area contributed by atoms with Gasteiger partial charge in [0, 0.05) is 11.6 Å². The maximum absolute atomic E-state index is 11.7. The molecule has 2 rings (SSSR count). The molecule has 0 bridgehead atoms. The van der Waals surface area contributed by atoms with Crippen LogP contribution in [0.25, 0.3) is 0 Å². The van der Waals surface area contributed by atoms with E-state index in [9.17, 15) is 4.79 Å². The number of carbonyl (C=O) groups excluding carboxylic acids is 1. The number of methoxy groups -OCH3 is 1. The summed E-state index contributed by atoms with van der Waals surface area (Å²) in [6.45, 7) is -0.277. The first-order chi connectivity index (χ1) is 11.5. The zero-order valence-corrected chi connectivity index (χ0v) is 14.8. The Kier molecular flexibility index (Phi) is 6.73. The monoisotopic (exact) mass is 386 g/mol. The lowest BCUT2D eigenvalue weighted by Gasteiger charge is -2.08. The fourth-order valence-electron chi connectivity index (χ4n) is 1.74. The van der Waals surface area contributed by atoms with Gasteiger partial charge in [-0.3, -0.25) is 4.79 Å². The first-order valence-electron chi connectivity index (χ1n) is 6.73. The van der Waals surface area contributed by atoms with Crippen LogP contribution in [-0.2, 0) is 4.79 Å².